The Morgan fingerprint density at radius 2 is 1.54 bits per heavy atom. The highest BCUT2D eigenvalue weighted by Crippen LogP contribution is 2.37. The van der Waals surface area contributed by atoms with Gasteiger partial charge in [-0.2, -0.15) is 0 Å². The molecule has 0 unspecified atom stereocenters. The molecule has 0 saturated carbocycles. The fraction of sp³-hybridized carbons (Fsp3) is 0.292. The van der Waals surface area contributed by atoms with E-state index < -0.39 is 0 Å². The molecule has 0 heterocycles. The highest BCUT2D eigenvalue weighted by Gasteiger charge is 2.25. The van der Waals surface area contributed by atoms with Crippen LogP contribution in [0.5, 0.6) is 11.5 Å². The van der Waals surface area contributed by atoms with Crippen LogP contribution in [0, 0.1) is 6.92 Å². The summed E-state index contributed by atoms with van der Waals surface area (Å²) in [5.41, 5.74) is 3.68. The molecular weight excluding hydrogens is 350 g/mol. The number of hydrogen-bond donors (Lipinski definition) is 1. The molecule has 0 aliphatic rings. The summed E-state index contributed by atoms with van der Waals surface area (Å²) in [5.74, 6) is 1.34. The molecule has 2 rings (SSSR count). The van der Waals surface area contributed by atoms with Crippen LogP contribution in [0.15, 0.2) is 61.7 Å². The second-order valence-corrected chi connectivity index (χ2v) is 7.20. The van der Waals surface area contributed by atoms with E-state index in [2.05, 4.69) is 44.5 Å². The summed E-state index contributed by atoms with van der Waals surface area (Å²) in [5, 5.41) is 2.86. The third-order valence-electron chi connectivity index (χ3n) is 4.62. The number of carbonyl (C=O) groups is 1. The van der Waals surface area contributed by atoms with Gasteiger partial charge in [-0.05, 0) is 41.8 Å². The van der Waals surface area contributed by atoms with E-state index in [9.17, 15) is 4.79 Å². The Morgan fingerprint density at radius 3 is 2.07 bits per heavy atom. The van der Waals surface area contributed by atoms with Crippen LogP contribution in [-0.4, -0.2) is 19.1 Å². The Bertz CT molecular complexity index is 868. The number of carbonyl (C=O) groups excluding carboxylic acids is 1. The normalized spacial score (nSPS) is 10.9. The number of amides is 1. The third kappa shape index (κ3) is 5.03. The molecule has 0 bridgehead atoms. The maximum absolute atomic E-state index is 11.6. The Kier molecular flexibility index (Phi) is 7.05. The summed E-state index contributed by atoms with van der Waals surface area (Å²) in [6.07, 6.45) is 3.41. The molecule has 0 aromatic heterocycles. The molecule has 0 aliphatic carbocycles. The van der Waals surface area contributed by atoms with Crippen molar-refractivity contribution in [1.82, 2.24) is 0 Å². The number of ether oxygens (including phenoxy) is 2. The van der Waals surface area contributed by atoms with Crippen molar-refractivity contribution in [3.8, 4) is 11.5 Å². The van der Waals surface area contributed by atoms with Gasteiger partial charge < -0.3 is 14.8 Å². The van der Waals surface area contributed by atoms with Gasteiger partial charge in [0.2, 0.25) is 5.91 Å². The second kappa shape index (κ2) is 9.27. The Hall–Kier alpha value is -3.01. The molecule has 2 aromatic rings. The van der Waals surface area contributed by atoms with Crippen molar-refractivity contribution in [2.75, 3.05) is 18.5 Å². The van der Waals surface area contributed by atoms with E-state index in [1.807, 2.05) is 31.2 Å². The van der Waals surface area contributed by atoms with Gasteiger partial charge in [-0.1, -0.05) is 57.4 Å². The van der Waals surface area contributed by atoms with Gasteiger partial charge in [0.15, 0.2) is 0 Å². The van der Waals surface area contributed by atoms with Gasteiger partial charge in [-0.25, -0.2) is 0 Å². The summed E-state index contributed by atoms with van der Waals surface area (Å²) in [4.78, 5) is 11.6. The lowest BCUT2D eigenvalue weighted by atomic mass is 9.77. The highest BCUT2D eigenvalue weighted by atomic mass is 16.5. The number of rotatable bonds is 9. The zero-order valence-electron chi connectivity index (χ0n) is 17.2. The van der Waals surface area contributed by atoms with Crippen LogP contribution in [-0.2, 0) is 10.2 Å². The molecule has 0 saturated heterocycles. The first-order chi connectivity index (χ1) is 13.3. The smallest absolute Gasteiger partial charge is 0.221 e. The molecule has 4 heteroatoms. The van der Waals surface area contributed by atoms with Crippen LogP contribution in [0.1, 0.15) is 37.5 Å². The minimum Gasteiger partial charge on any atom is -0.489 e. The van der Waals surface area contributed by atoms with Crippen molar-refractivity contribution >= 4 is 11.6 Å². The second-order valence-electron chi connectivity index (χ2n) is 7.20. The molecular formula is C24H29NO3. The van der Waals surface area contributed by atoms with Gasteiger partial charge in [0, 0.05) is 12.3 Å². The molecule has 1 amide bonds. The molecule has 2 aromatic carbocycles. The first kappa shape index (κ1) is 21.3. The van der Waals surface area contributed by atoms with E-state index in [1.54, 1.807) is 12.2 Å². The number of hydrogen-bond acceptors (Lipinski definition) is 3. The third-order valence-corrected chi connectivity index (χ3v) is 4.62. The number of aryl methyl sites for hydroxylation is 1. The Labute approximate surface area is 167 Å². The van der Waals surface area contributed by atoms with Crippen LogP contribution < -0.4 is 14.8 Å². The maximum atomic E-state index is 11.6. The lowest BCUT2D eigenvalue weighted by Crippen LogP contribution is -2.20. The van der Waals surface area contributed by atoms with Crippen molar-refractivity contribution in [2.24, 2.45) is 0 Å². The van der Waals surface area contributed by atoms with Crippen molar-refractivity contribution in [1.29, 1.82) is 0 Å². The minimum absolute atomic E-state index is 0.141. The predicted octanol–water partition coefficient (Wildman–Crippen LogP) is 5.41. The van der Waals surface area contributed by atoms with E-state index in [1.165, 1.54) is 6.92 Å². The summed E-state index contributed by atoms with van der Waals surface area (Å²) in [6.45, 7) is 16.0. The van der Waals surface area contributed by atoms with Crippen molar-refractivity contribution in [3.63, 3.8) is 0 Å². The zero-order valence-corrected chi connectivity index (χ0v) is 17.2. The average Bonchev–Trinajstić information content (AvgIpc) is 2.65. The topological polar surface area (TPSA) is 47.6 Å². The fourth-order valence-corrected chi connectivity index (χ4v) is 3.00. The van der Waals surface area contributed by atoms with Gasteiger partial charge >= 0.3 is 0 Å². The Balaban J connectivity index is 2.40. The number of anilines is 1. The van der Waals surface area contributed by atoms with Crippen LogP contribution in [0.3, 0.4) is 0 Å². The average molecular weight is 380 g/mol. The first-order valence-corrected chi connectivity index (χ1v) is 9.30. The van der Waals surface area contributed by atoms with E-state index in [0.717, 1.165) is 22.4 Å². The van der Waals surface area contributed by atoms with E-state index in [-0.39, 0.29) is 11.3 Å². The molecule has 0 radical (unpaired) electrons. The van der Waals surface area contributed by atoms with Crippen LogP contribution >= 0.6 is 0 Å². The maximum Gasteiger partial charge on any atom is 0.221 e. The number of benzene rings is 2. The molecule has 148 valence electrons. The predicted molar refractivity (Wildman–Crippen MR) is 115 cm³/mol. The van der Waals surface area contributed by atoms with Gasteiger partial charge in [0.1, 0.15) is 24.7 Å². The van der Waals surface area contributed by atoms with Crippen LogP contribution in [0.2, 0.25) is 0 Å². The van der Waals surface area contributed by atoms with E-state index in [0.29, 0.717) is 24.7 Å². The monoisotopic (exact) mass is 379 g/mol. The van der Waals surface area contributed by atoms with Gasteiger partial charge in [-0.15, -0.1) is 0 Å². The number of nitrogens with one attached hydrogen (secondary N) is 1. The SMILES string of the molecule is C=CCOc1ccc(C(C)(C)c2ccc(OCC=C)c(NC(C)=O)c2)cc1C. The lowest BCUT2D eigenvalue weighted by molar-refractivity contribution is -0.114. The Morgan fingerprint density at radius 1 is 1.00 bits per heavy atom. The van der Waals surface area contributed by atoms with Crippen molar-refractivity contribution in [3.05, 3.63) is 78.4 Å². The minimum atomic E-state index is -0.272. The summed E-state index contributed by atoms with van der Waals surface area (Å²) in [6, 6.07) is 12.1. The van der Waals surface area contributed by atoms with Crippen molar-refractivity contribution in [2.45, 2.75) is 33.1 Å². The molecule has 4 nitrogen and oxygen atoms in total. The summed E-state index contributed by atoms with van der Waals surface area (Å²) >= 11 is 0. The van der Waals surface area contributed by atoms with E-state index >= 15 is 0 Å². The zero-order chi connectivity index (χ0) is 20.7. The van der Waals surface area contributed by atoms with Crippen LogP contribution in [0.4, 0.5) is 5.69 Å². The van der Waals surface area contributed by atoms with E-state index in [4.69, 9.17) is 9.47 Å². The molecule has 1 N–H and O–H groups in total. The molecule has 0 fully saturated rings. The van der Waals surface area contributed by atoms with Gasteiger partial charge in [0.25, 0.3) is 0 Å². The highest BCUT2D eigenvalue weighted by molar-refractivity contribution is 5.90. The van der Waals surface area contributed by atoms with Gasteiger partial charge in [0.05, 0.1) is 5.69 Å². The first-order valence-electron chi connectivity index (χ1n) is 9.30. The standard InChI is InChI=1S/C24H29NO3/c1-7-13-27-22-11-9-19(15-17(22)3)24(5,6)20-10-12-23(28-14-8-2)21(16-20)25-18(4)26/h7-12,15-16H,1-2,13-14H2,3-6H3,(H,25,26). The van der Waals surface area contributed by atoms with Crippen LogP contribution in [0.25, 0.3) is 0 Å². The summed E-state index contributed by atoms with van der Waals surface area (Å²) in [7, 11) is 0. The van der Waals surface area contributed by atoms with Crippen molar-refractivity contribution < 1.29 is 14.3 Å². The molecule has 0 spiro atoms. The quantitative estimate of drug-likeness (QED) is 0.593. The van der Waals surface area contributed by atoms with Gasteiger partial charge in [-0.3, -0.25) is 4.79 Å². The molecule has 0 atom stereocenters. The lowest BCUT2D eigenvalue weighted by Gasteiger charge is -2.28. The fourth-order valence-electron chi connectivity index (χ4n) is 3.00. The molecule has 0 aliphatic heterocycles. The summed E-state index contributed by atoms with van der Waals surface area (Å²) < 4.78 is 11.4. The molecule has 28 heavy (non-hydrogen) atoms. The largest absolute Gasteiger partial charge is 0.489 e.